The predicted octanol–water partition coefficient (Wildman–Crippen LogP) is 1.46. The Kier molecular flexibility index (Phi) is 5.98. The maximum atomic E-state index is 12.4. The van der Waals surface area contributed by atoms with Gasteiger partial charge in [0.2, 0.25) is 11.5 Å². The van der Waals surface area contributed by atoms with E-state index in [4.69, 9.17) is 14.0 Å². The predicted molar refractivity (Wildman–Crippen MR) is 121 cm³/mol. The average Bonchev–Trinajstić information content (AvgIpc) is 3.58. The van der Waals surface area contributed by atoms with E-state index < -0.39 is 11.5 Å². The van der Waals surface area contributed by atoms with Crippen molar-refractivity contribution in [2.24, 2.45) is 0 Å². The van der Waals surface area contributed by atoms with Crippen molar-refractivity contribution in [3.8, 4) is 22.8 Å². The average molecular weight is 466 g/mol. The molecule has 0 saturated carbocycles. The van der Waals surface area contributed by atoms with Crippen molar-refractivity contribution in [3.63, 3.8) is 0 Å². The number of nitrogens with zero attached hydrogens (tertiary/aromatic N) is 5. The van der Waals surface area contributed by atoms with Crippen LogP contribution in [0.25, 0.3) is 22.8 Å². The van der Waals surface area contributed by atoms with Crippen LogP contribution in [0.3, 0.4) is 0 Å². The van der Waals surface area contributed by atoms with E-state index in [9.17, 15) is 9.90 Å². The van der Waals surface area contributed by atoms with E-state index in [2.05, 4.69) is 25.4 Å². The molecule has 2 saturated heterocycles. The number of likely N-dealkylation sites (N-methyl/N-ethyl adjacent to an activating group) is 1. The van der Waals surface area contributed by atoms with Gasteiger partial charge in [-0.15, -0.1) is 0 Å². The van der Waals surface area contributed by atoms with Crippen LogP contribution in [0.4, 0.5) is 5.95 Å². The van der Waals surface area contributed by atoms with Crippen molar-refractivity contribution in [1.82, 2.24) is 25.0 Å². The first kappa shape index (κ1) is 22.4. The van der Waals surface area contributed by atoms with Crippen molar-refractivity contribution in [2.45, 2.75) is 31.1 Å². The van der Waals surface area contributed by atoms with Crippen molar-refractivity contribution in [3.05, 3.63) is 42.3 Å². The second-order valence-corrected chi connectivity index (χ2v) is 8.37. The maximum absolute atomic E-state index is 12.4. The van der Waals surface area contributed by atoms with E-state index in [0.29, 0.717) is 55.1 Å². The number of rotatable bonds is 7. The Hall–Kier alpha value is -3.41. The summed E-state index contributed by atoms with van der Waals surface area (Å²) in [7, 11) is 1.64. The van der Waals surface area contributed by atoms with Crippen LogP contribution < -0.4 is 5.32 Å². The highest BCUT2D eigenvalue weighted by molar-refractivity contribution is 5.87. The zero-order chi connectivity index (χ0) is 23.7. The van der Waals surface area contributed by atoms with Gasteiger partial charge in [0.25, 0.3) is 5.91 Å². The van der Waals surface area contributed by atoms with Gasteiger partial charge in [0.1, 0.15) is 11.8 Å². The van der Waals surface area contributed by atoms with Crippen LogP contribution >= 0.6 is 0 Å². The van der Waals surface area contributed by atoms with Gasteiger partial charge in [0.05, 0.1) is 36.3 Å². The highest BCUT2D eigenvalue weighted by Gasteiger charge is 2.48. The van der Waals surface area contributed by atoms with E-state index >= 15 is 0 Å². The topological polar surface area (TPSA) is 136 Å². The Labute approximate surface area is 196 Å². The first-order valence-electron chi connectivity index (χ1n) is 11.2. The SMILES string of the molecule is CCOC1COCC1Nc1nccc(-c2cccc(-c3cc(C4(O)CCN(C)C4=O)on3)n2)n1. The lowest BCUT2D eigenvalue weighted by Crippen LogP contribution is -2.35. The molecule has 0 aliphatic carbocycles. The fraction of sp³-hybridized carbons (Fsp3) is 0.435. The lowest BCUT2D eigenvalue weighted by atomic mass is 9.98. The maximum Gasteiger partial charge on any atom is 0.262 e. The minimum absolute atomic E-state index is 0.0359. The summed E-state index contributed by atoms with van der Waals surface area (Å²) in [6.07, 6.45) is 1.86. The summed E-state index contributed by atoms with van der Waals surface area (Å²) in [5, 5.41) is 18.1. The van der Waals surface area contributed by atoms with E-state index in [1.165, 1.54) is 4.90 Å². The summed E-state index contributed by atoms with van der Waals surface area (Å²) >= 11 is 0. The summed E-state index contributed by atoms with van der Waals surface area (Å²) in [5.41, 5.74) is 0.494. The standard InChI is InChI=1S/C23H26N6O5/c1-3-33-19-13-32-12-18(19)27-22-24-9-7-16(26-22)14-5-4-6-15(25-14)17-11-20(34-28-17)23(31)8-10-29(2)21(23)30/h4-7,9,11,18-19,31H,3,8,10,12-13H2,1-2H3,(H,24,26,27). The molecule has 2 fully saturated rings. The lowest BCUT2D eigenvalue weighted by molar-refractivity contribution is -0.144. The largest absolute Gasteiger partial charge is 0.376 e. The molecule has 178 valence electrons. The van der Waals surface area contributed by atoms with Gasteiger partial charge in [0, 0.05) is 38.9 Å². The quantitative estimate of drug-likeness (QED) is 0.527. The normalized spacial score (nSPS) is 24.7. The molecule has 0 radical (unpaired) electrons. The van der Waals surface area contributed by atoms with Gasteiger partial charge in [-0.3, -0.25) is 4.79 Å². The van der Waals surface area contributed by atoms with E-state index in [0.717, 1.165) is 0 Å². The third-order valence-electron chi connectivity index (χ3n) is 6.08. The Balaban J connectivity index is 1.37. The van der Waals surface area contributed by atoms with Crippen molar-refractivity contribution in [1.29, 1.82) is 0 Å². The van der Waals surface area contributed by atoms with Crippen molar-refractivity contribution >= 4 is 11.9 Å². The number of carbonyl (C=O) groups is 1. The highest BCUT2D eigenvalue weighted by atomic mass is 16.5. The van der Waals surface area contributed by atoms with Gasteiger partial charge >= 0.3 is 0 Å². The lowest BCUT2D eigenvalue weighted by Gasteiger charge is -2.18. The first-order chi connectivity index (χ1) is 16.5. The number of aliphatic hydroxyl groups is 1. The molecule has 11 nitrogen and oxygen atoms in total. The number of aromatic nitrogens is 4. The molecule has 0 bridgehead atoms. The number of pyridine rings is 1. The fourth-order valence-corrected chi connectivity index (χ4v) is 4.18. The number of amides is 1. The molecule has 34 heavy (non-hydrogen) atoms. The van der Waals surface area contributed by atoms with Gasteiger partial charge in [-0.1, -0.05) is 11.2 Å². The second kappa shape index (κ2) is 9.09. The van der Waals surface area contributed by atoms with Crippen LogP contribution in [0.5, 0.6) is 0 Å². The third-order valence-corrected chi connectivity index (χ3v) is 6.08. The molecule has 0 aromatic carbocycles. The molecular weight excluding hydrogens is 440 g/mol. The molecule has 11 heteroatoms. The van der Waals surface area contributed by atoms with E-state index in [1.54, 1.807) is 31.4 Å². The van der Waals surface area contributed by atoms with Gasteiger partial charge < -0.3 is 29.3 Å². The molecule has 5 heterocycles. The molecular formula is C23H26N6O5. The Morgan fingerprint density at radius 2 is 2.00 bits per heavy atom. The van der Waals surface area contributed by atoms with Crippen LogP contribution in [0.1, 0.15) is 19.1 Å². The summed E-state index contributed by atoms with van der Waals surface area (Å²) in [6, 6.07) is 8.74. The Morgan fingerprint density at radius 3 is 2.76 bits per heavy atom. The van der Waals surface area contributed by atoms with Gasteiger partial charge in [-0.05, 0) is 25.1 Å². The number of carbonyl (C=O) groups excluding carboxylic acids is 1. The number of hydrogen-bond donors (Lipinski definition) is 2. The second-order valence-electron chi connectivity index (χ2n) is 8.37. The molecule has 3 atom stereocenters. The molecule has 2 aliphatic heterocycles. The van der Waals surface area contributed by atoms with Crippen LogP contribution in [-0.2, 0) is 19.9 Å². The van der Waals surface area contributed by atoms with Crippen LogP contribution in [0.2, 0.25) is 0 Å². The number of hydrogen-bond acceptors (Lipinski definition) is 10. The molecule has 2 N–H and O–H groups in total. The third kappa shape index (κ3) is 4.13. The smallest absolute Gasteiger partial charge is 0.262 e. The molecule has 3 aromatic heterocycles. The van der Waals surface area contributed by atoms with Crippen molar-refractivity contribution in [2.75, 3.05) is 38.7 Å². The minimum Gasteiger partial charge on any atom is -0.376 e. The number of likely N-dealkylation sites (tertiary alicyclic amines) is 1. The fourth-order valence-electron chi connectivity index (χ4n) is 4.18. The number of nitrogens with one attached hydrogen (secondary N) is 1. The van der Waals surface area contributed by atoms with Crippen LogP contribution in [0.15, 0.2) is 41.1 Å². The summed E-state index contributed by atoms with van der Waals surface area (Å²) in [5.74, 6) is 0.164. The molecule has 3 unspecified atom stereocenters. The van der Waals surface area contributed by atoms with E-state index in [1.807, 2.05) is 19.1 Å². The first-order valence-corrected chi connectivity index (χ1v) is 11.2. The van der Waals surface area contributed by atoms with Crippen LogP contribution in [0, 0.1) is 0 Å². The molecule has 0 spiro atoms. The molecule has 5 rings (SSSR count). The Morgan fingerprint density at radius 1 is 1.21 bits per heavy atom. The minimum atomic E-state index is -1.70. The monoisotopic (exact) mass is 466 g/mol. The summed E-state index contributed by atoms with van der Waals surface area (Å²) in [6.45, 7) is 4.06. The van der Waals surface area contributed by atoms with Gasteiger partial charge in [-0.25, -0.2) is 15.0 Å². The number of anilines is 1. The summed E-state index contributed by atoms with van der Waals surface area (Å²) in [4.78, 5) is 27.4. The van der Waals surface area contributed by atoms with Crippen molar-refractivity contribution < 1.29 is 23.9 Å². The van der Waals surface area contributed by atoms with Gasteiger partial charge in [-0.2, -0.15) is 0 Å². The molecule has 3 aromatic rings. The van der Waals surface area contributed by atoms with Gasteiger partial charge in [0.15, 0.2) is 5.76 Å². The highest BCUT2D eigenvalue weighted by Crippen LogP contribution is 2.34. The zero-order valence-electron chi connectivity index (χ0n) is 19.0. The Bertz CT molecular complexity index is 1190. The van der Waals surface area contributed by atoms with E-state index in [-0.39, 0.29) is 24.3 Å². The number of ether oxygens (including phenoxy) is 2. The molecule has 1 amide bonds. The van der Waals surface area contributed by atoms with Crippen LogP contribution in [-0.4, -0.2) is 81.6 Å². The zero-order valence-corrected chi connectivity index (χ0v) is 19.0. The summed E-state index contributed by atoms with van der Waals surface area (Å²) < 4.78 is 16.6. The molecule has 2 aliphatic rings.